The van der Waals surface area contributed by atoms with Crippen molar-refractivity contribution >= 4 is 6.29 Å². The molecule has 0 aliphatic rings. The van der Waals surface area contributed by atoms with E-state index in [9.17, 15) is 9.90 Å². The van der Waals surface area contributed by atoms with Crippen LogP contribution in [0.1, 0.15) is 40.1 Å². The smallest absolute Gasteiger partial charge is 0.154 e. The van der Waals surface area contributed by atoms with E-state index in [0.29, 0.717) is 23.5 Å². The number of aliphatic hydroxyl groups excluding tert-OH is 1. The summed E-state index contributed by atoms with van der Waals surface area (Å²) in [6.45, 7) is 2.26. The summed E-state index contributed by atoms with van der Waals surface area (Å²) >= 11 is 0. The largest absolute Gasteiger partial charge is 0.489 e. The van der Waals surface area contributed by atoms with E-state index in [2.05, 4.69) is 9.47 Å². The number of aliphatic hydroxyl groups is 1. The first-order valence-electron chi connectivity index (χ1n) is 9.63. The van der Waals surface area contributed by atoms with Crippen LogP contribution in [0.4, 0.5) is 0 Å². The van der Waals surface area contributed by atoms with Gasteiger partial charge in [-0.2, -0.15) is 0 Å². The minimum Gasteiger partial charge on any atom is -0.489 e. The Kier molecular flexibility index (Phi) is 9.74. The van der Waals surface area contributed by atoms with Crippen molar-refractivity contribution in [3.05, 3.63) is 101 Å². The van der Waals surface area contributed by atoms with Crippen molar-refractivity contribution < 1.29 is 24.1 Å². The highest BCUT2D eigenvalue weighted by Gasteiger charge is 2.15. The molecule has 3 aromatic carbocycles. The topological polar surface area (TPSA) is 65.0 Å². The molecule has 0 saturated carbocycles. The Morgan fingerprint density at radius 3 is 2.03 bits per heavy atom. The summed E-state index contributed by atoms with van der Waals surface area (Å²) in [5.41, 5.74) is 2.80. The maximum absolute atomic E-state index is 11.4. The molecule has 0 aromatic heterocycles. The first kappa shape index (κ1) is 23.3. The third-order valence-electron chi connectivity index (χ3n) is 4.51. The molecule has 0 radical (unpaired) electrons. The first-order valence-corrected chi connectivity index (χ1v) is 9.63. The predicted molar refractivity (Wildman–Crippen MR) is 117 cm³/mol. The minimum absolute atomic E-state index is 0.0648. The molecule has 158 valence electrons. The zero-order chi connectivity index (χ0) is 21.8. The number of ether oxygens (including phenoxy) is 3. The van der Waals surface area contributed by atoms with Crippen molar-refractivity contribution in [3.8, 4) is 5.75 Å². The van der Waals surface area contributed by atoms with Crippen LogP contribution in [0, 0.1) is 0 Å². The highest BCUT2D eigenvalue weighted by atomic mass is 16.7. The van der Waals surface area contributed by atoms with E-state index in [1.807, 2.05) is 67.6 Å². The maximum atomic E-state index is 11.4. The molecule has 0 fully saturated rings. The average Bonchev–Trinajstić information content (AvgIpc) is 2.83. The fraction of sp³-hybridized carbons (Fsp3) is 0.240. The van der Waals surface area contributed by atoms with Gasteiger partial charge in [0.1, 0.15) is 18.5 Å². The Morgan fingerprint density at radius 1 is 0.900 bits per heavy atom. The van der Waals surface area contributed by atoms with Crippen molar-refractivity contribution in [2.24, 2.45) is 0 Å². The van der Waals surface area contributed by atoms with Crippen molar-refractivity contribution in [1.29, 1.82) is 0 Å². The fourth-order valence-corrected chi connectivity index (χ4v) is 2.65. The van der Waals surface area contributed by atoms with Gasteiger partial charge in [0, 0.05) is 19.8 Å². The van der Waals surface area contributed by atoms with Gasteiger partial charge in [-0.3, -0.25) is 4.79 Å². The second-order valence-electron chi connectivity index (χ2n) is 6.54. The summed E-state index contributed by atoms with van der Waals surface area (Å²) in [6, 6.07) is 24.3. The molecule has 5 heteroatoms. The molecule has 30 heavy (non-hydrogen) atoms. The van der Waals surface area contributed by atoms with Crippen LogP contribution >= 0.6 is 0 Å². The van der Waals surface area contributed by atoms with Crippen LogP contribution in [0.3, 0.4) is 0 Å². The highest BCUT2D eigenvalue weighted by molar-refractivity contribution is 5.78. The third kappa shape index (κ3) is 7.12. The predicted octanol–water partition coefficient (Wildman–Crippen LogP) is 4.79. The summed E-state index contributed by atoms with van der Waals surface area (Å²) in [7, 11) is 3.21. The Hall–Kier alpha value is -2.99. The van der Waals surface area contributed by atoms with Gasteiger partial charge in [0.25, 0.3) is 0 Å². The summed E-state index contributed by atoms with van der Waals surface area (Å²) in [5.74, 6) is 0.602. The van der Waals surface area contributed by atoms with Crippen LogP contribution in [0.2, 0.25) is 0 Å². The molecule has 1 N–H and O–H groups in total. The van der Waals surface area contributed by atoms with Gasteiger partial charge >= 0.3 is 0 Å². The molecule has 0 heterocycles. The van der Waals surface area contributed by atoms with Crippen LogP contribution < -0.4 is 4.74 Å². The lowest BCUT2D eigenvalue weighted by Crippen LogP contribution is -2.05. The Labute approximate surface area is 177 Å². The van der Waals surface area contributed by atoms with E-state index in [-0.39, 0.29) is 6.29 Å². The third-order valence-corrected chi connectivity index (χ3v) is 4.51. The number of carbonyl (C=O) groups excluding carboxylic acids is 1. The van der Waals surface area contributed by atoms with Crippen LogP contribution in [0.25, 0.3) is 0 Å². The SMILES string of the molecule is COC(C)OC.O=Cc1cc(OCc2ccccc2)ccc1C(O)c1ccccc1. The van der Waals surface area contributed by atoms with Crippen molar-refractivity contribution in [1.82, 2.24) is 0 Å². The number of aldehydes is 1. The molecule has 0 saturated heterocycles. The Morgan fingerprint density at radius 2 is 1.50 bits per heavy atom. The highest BCUT2D eigenvalue weighted by Crippen LogP contribution is 2.27. The molecule has 3 aromatic rings. The maximum Gasteiger partial charge on any atom is 0.154 e. The van der Waals surface area contributed by atoms with Gasteiger partial charge in [0.2, 0.25) is 0 Å². The molecule has 0 amide bonds. The van der Waals surface area contributed by atoms with Crippen molar-refractivity contribution in [3.63, 3.8) is 0 Å². The summed E-state index contributed by atoms with van der Waals surface area (Å²) in [5, 5.41) is 10.5. The van der Waals surface area contributed by atoms with E-state index in [4.69, 9.17) is 4.74 Å². The van der Waals surface area contributed by atoms with E-state index in [0.717, 1.165) is 17.4 Å². The number of carbonyl (C=O) groups is 1. The quantitative estimate of drug-likeness (QED) is 0.429. The van der Waals surface area contributed by atoms with Crippen LogP contribution in [0.15, 0.2) is 78.9 Å². The number of hydrogen-bond donors (Lipinski definition) is 1. The molecule has 1 atom stereocenters. The zero-order valence-electron chi connectivity index (χ0n) is 17.5. The molecule has 0 bridgehead atoms. The zero-order valence-corrected chi connectivity index (χ0v) is 17.5. The van der Waals surface area contributed by atoms with Gasteiger partial charge in [0.05, 0.1) is 0 Å². The Balaban J connectivity index is 0.000000469. The van der Waals surface area contributed by atoms with Gasteiger partial charge in [-0.05, 0) is 35.7 Å². The van der Waals surface area contributed by atoms with Crippen LogP contribution in [-0.4, -0.2) is 31.9 Å². The molecule has 5 nitrogen and oxygen atoms in total. The second kappa shape index (κ2) is 12.5. The summed E-state index contributed by atoms with van der Waals surface area (Å²) in [4.78, 5) is 11.4. The van der Waals surface area contributed by atoms with Gasteiger partial charge in [-0.15, -0.1) is 0 Å². The standard InChI is InChI=1S/C21H18O3.C4H10O2/c22-14-18-13-19(24-15-16-7-3-1-4-8-16)11-12-20(18)21(23)17-9-5-2-6-10-17;1-4(5-2)6-3/h1-14,21,23H,15H2;4H,1-3H3. The lowest BCUT2D eigenvalue weighted by molar-refractivity contribution is -0.0877. The number of benzene rings is 3. The number of methoxy groups -OCH3 is 2. The lowest BCUT2D eigenvalue weighted by Gasteiger charge is -2.15. The van der Waals surface area contributed by atoms with E-state index < -0.39 is 6.10 Å². The molecule has 0 aliphatic heterocycles. The van der Waals surface area contributed by atoms with Gasteiger partial charge < -0.3 is 19.3 Å². The molecule has 3 rings (SSSR count). The monoisotopic (exact) mass is 408 g/mol. The van der Waals surface area contributed by atoms with Gasteiger partial charge in [0.15, 0.2) is 12.6 Å². The first-order chi connectivity index (χ1) is 14.6. The molecule has 0 aliphatic carbocycles. The molecular weight excluding hydrogens is 380 g/mol. The fourth-order valence-electron chi connectivity index (χ4n) is 2.65. The lowest BCUT2D eigenvalue weighted by atomic mass is 9.97. The number of hydrogen-bond acceptors (Lipinski definition) is 5. The summed E-state index contributed by atoms with van der Waals surface area (Å²) in [6.07, 6.45) is -0.156. The minimum atomic E-state index is -0.838. The number of rotatable bonds is 8. The normalized spacial score (nSPS) is 11.4. The van der Waals surface area contributed by atoms with Crippen LogP contribution in [-0.2, 0) is 16.1 Å². The van der Waals surface area contributed by atoms with Crippen LogP contribution in [0.5, 0.6) is 5.75 Å². The molecule has 1 unspecified atom stereocenters. The van der Waals surface area contributed by atoms with E-state index in [1.165, 1.54) is 0 Å². The van der Waals surface area contributed by atoms with E-state index in [1.54, 1.807) is 32.4 Å². The van der Waals surface area contributed by atoms with Gasteiger partial charge in [-0.25, -0.2) is 0 Å². The molecule has 0 spiro atoms. The van der Waals surface area contributed by atoms with Crippen molar-refractivity contribution in [2.75, 3.05) is 14.2 Å². The molecular formula is C25H28O5. The van der Waals surface area contributed by atoms with E-state index >= 15 is 0 Å². The average molecular weight is 408 g/mol. The van der Waals surface area contributed by atoms with Crippen molar-refractivity contribution in [2.45, 2.75) is 25.9 Å². The Bertz CT molecular complexity index is 877. The second-order valence-corrected chi connectivity index (χ2v) is 6.54. The van der Waals surface area contributed by atoms with Gasteiger partial charge in [-0.1, -0.05) is 66.7 Å². The summed E-state index contributed by atoms with van der Waals surface area (Å²) < 4.78 is 15.1.